The van der Waals surface area contributed by atoms with E-state index < -0.39 is 11.1 Å². The first kappa shape index (κ1) is 5.17. The van der Waals surface area contributed by atoms with Gasteiger partial charge in [0.05, 0.1) is 6.67 Å². The molecule has 1 aliphatic heterocycles. The maximum Gasteiger partial charge on any atom is 0.311 e. The lowest BCUT2D eigenvalue weighted by molar-refractivity contribution is -0.506. The van der Waals surface area contributed by atoms with Crippen molar-refractivity contribution >= 4 is 6.21 Å². The number of hydrogen-bond acceptors (Lipinski definition) is 4. The molecule has 0 amide bonds. The summed E-state index contributed by atoms with van der Waals surface area (Å²) in [4.78, 5) is 12.8. The molecule has 1 unspecified atom stereocenters. The highest BCUT2D eigenvalue weighted by Gasteiger charge is 2.19. The third-order valence-corrected chi connectivity index (χ3v) is 0.788. The van der Waals surface area contributed by atoms with Crippen LogP contribution in [0.2, 0.25) is 0 Å². The van der Waals surface area contributed by atoms with Crippen LogP contribution in [0.1, 0.15) is 0 Å². The number of nitrogens with one attached hydrogen (secondary N) is 1. The maximum atomic E-state index is 9.82. The van der Waals surface area contributed by atoms with Crippen molar-refractivity contribution < 1.29 is 4.92 Å². The fraction of sp³-hybridized carbons (Fsp3) is 0.667. The molecule has 1 aliphatic rings. The van der Waals surface area contributed by atoms with Crippen LogP contribution < -0.4 is 5.32 Å². The van der Waals surface area contributed by atoms with Crippen molar-refractivity contribution in [2.75, 3.05) is 6.67 Å². The summed E-state index contributed by atoms with van der Waals surface area (Å²) >= 11 is 0. The number of aliphatic imine (C=N–C) groups is 1. The van der Waals surface area contributed by atoms with Crippen LogP contribution in [-0.2, 0) is 0 Å². The number of nitrogens with zero attached hydrogens (tertiary/aromatic N) is 2. The van der Waals surface area contributed by atoms with Gasteiger partial charge in [-0.15, -0.1) is 0 Å². The predicted molar refractivity (Wildman–Crippen MR) is 26.2 cm³/mol. The van der Waals surface area contributed by atoms with Crippen LogP contribution in [0.5, 0.6) is 0 Å². The van der Waals surface area contributed by atoms with E-state index in [9.17, 15) is 10.1 Å². The van der Waals surface area contributed by atoms with Gasteiger partial charge in [-0.25, -0.2) is 5.32 Å². The number of rotatable bonds is 1. The van der Waals surface area contributed by atoms with Gasteiger partial charge in [0.25, 0.3) is 0 Å². The zero-order valence-electron chi connectivity index (χ0n) is 4.00. The average Bonchev–Trinajstić information content (AvgIpc) is 2.12. The molecule has 1 atom stereocenters. The number of nitro groups is 1. The lowest BCUT2D eigenvalue weighted by atomic mass is 10.6. The second-order valence-electron chi connectivity index (χ2n) is 1.34. The Morgan fingerprint density at radius 1 is 2.00 bits per heavy atom. The summed E-state index contributed by atoms with van der Waals surface area (Å²) in [6.45, 7) is 0.311. The van der Waals surface area contributed by atoms with E-state index in [1.165, 1.54) is 0 Å². The second kappa shape index (κ2) is 1.87. The molecule has 43 valence electrons. The van der Waals surface area contributed by atoms with E-state index in [1.54, 1.807) is 0 Å². The molecule has 1 rings (SSSR count). The Labute approximate surface area is 45.6 Å². The normalized spacial score (nSPS) is 26.2. The molecule has 8 heavy (non-hydrogen) atoms. The Bertz CT molecular complexity index is 132. The van der Waals surface area contributed by atoms with Gasteiger partial charge in [-0.05, 0) is 0 Å². The van der Waals surface area contributed by atoms with Crippen LogP contribution in [0.25, 0.3) is 0 Å². The van der Waals surface area contributed by atoms with Gasteiger partial charge in [-0.3, -0.25) is 15.1 Å². The van der Waals surface area contributed by atoms with E-state index in [0.717, 1.165) is 0 Å². The topological polar surface area (TPSA) is 67.5 Å². The molecule has 0 aromatic rings. The van der Waals surface area contributed by atoms with Crippen LogP contribution in [0.3, 0.4) is 0 Å². The van der Waals surface area contributed by atoms with E-state index in [-0.39, 0.29) is 0 Å². The fourth-order valence-corrected chi connectivity index (χ4v) is 0.432. The average molecular weight is 114 g/mol. The molecule has 1 heterocycles. The molecule has 1 N–H and O–H groups in total. The summed E-state index contributed by atoms with van der Waals surface area (Å²) in [5.41, 5.74) is 0. The lowest BCUT2D eigenvalue weighted by Crippen LogP contribution is -2.32. The molecule has 0 fully saturated rings. The molecular weight excluding hydrogens is 110 g/mol. The van der Waals surface area contributed by atoms with E-state index in [0.29, 0.717) is 6.67 Å². The fourth-order valence-electron chi connectivity index (χ4n) is 0.432. The van der Waals surface area contributed by atoms with Crippen LogP contribution in [0.4, 0.5) is 0 Å². The Morgan fingerprint density at radius 2 is 2.75 bits per heavy atom. The van der Waals surface area contributed by atoms with Gasteiger partial charge in [-0.1, -0.05) is 0 Å². The SMILES string of the molecule is O=[N+]([O-])C1[C]=NCN1. The third-order valence-electron chi connectivity index (χ3n) is 0.788. The Kier molecular flexibility index (Phi) is 1.21. The molecule has 0 aromatic carbocycles. The molecule has 5 nitrogen and oxygen atoms in total. The molecule has 0 spiro atoms. The minimum atomic E-state index is -0.880. The minimum Gasteiger partial charge on any atom is -0.263 e. The van der Waals surface area contributed by atoms with Crippen molar-refractivity contribution in [3.8, 4) is 0 Å². The van der Waals surface area contributed by atoms with Crippen molar-refractivity contribution in [1.29, 1.82) is 0 Å². The number of hydrogen-bond donors (Lipinski definition) is 1. The first-order chi connectivity index (χ1) is 3.80. The van der Waals surface area contributed by atoms with Crippen LogP contribution >= 0.6 is 0 Å². The quantitative estimate of drug-likeness (QED) is 0.354. The van der Waals surface area contributed by atoms with Crippen molar-refractivity contribution in [2.45, 2.75) is 6.17 Å². The van der Waals surface area contributed by atoms with E-state index in [2.05, 4.69) is 16.5 Å². The second-order valence-corrected chi connectivity index (χ2v) is 1.34. The van der Waals surface area contributed by atoms with E-state index >= 15 is 0 Å². The summed E-state index contributed by atoms with van der Waals surface area (Å²) in [5.74, 6) is 0. The van der Waals surface area contributed by atoms with Gasteiger partial charge < -0.3 is 0 Å². The summed E-state index contributed by atoms with van der Waals surface area (Å²) in [6, 6.07) is 0. The highest BCUT2D eigenvalue weighted by Crippen LogP contribution is 1.86. The molecular formula is C3H4N3O2. The predicted octanol–water partition coefficient (Wildman–Crippen LogP) is -0.902. The van der Waals surface area contributed by atoms with Crippen molar-refractivity contribution in [1.82, 2.24) is 5.32 Å². The molecule has 0 saturated carbocycles. The highest BCUT2D eigenvalue weighted by molar-refractivity contribution is 5.63. The summed E-state index contributed by atoms with van der Waals surface area (Å²) in [6.07, 6.45) is 1.39. The van der Waals surface area contributed by atoms with E-state index in [1.807, 2.05) is 0 Å². The summed E-state index contributed by atoms with van der Waals surface area (Å²) < 4.78 is 0. The molecule has 0 saturated heterocycles. The van der Waals surface area contributed by atoms with Crippen LogP contribution in [0.15, 0.2) is 4.99 Å². The maximum absolute atomic E-state index is 9.82. The first-order valence-corrected chi connectivity index (χ1v) is 2.09. The third kappa shape index (κ3) is 0.812. The van der Waals surface area contributed by atoms with Gasteiger partial charge in [0.15, 0.2) is 6.21 Å². The Morgan fingerprint density at radius 3 is 3.00 bits per heavy atom. The summed E-state index contributed by atoms with van der Waals surface area (Å²) in [5, 5.41) is 12.3. The van der Waals surface area contributed by atoms with Crippen molar-refractivity contribution in [3.63, 3.8) is 0 Å². The highest BCUT2D eigenvalue weighted by atomic mass is 16.6. The first-order valence-electron chi connectivity index (χ1n) is 2.09. The van der Waals surface area contributed by atoms with Gasteiger partial charge >= 0.3 is 6.17 Å². The molecule has 1 radical (unpaired) electrons. The zero-order chi connectivity index (χ0) is 5.98. The van der Waals surface area contributed by atoms with Gasteiger partial charge in [0, 0.05) is 4.92 Å². The van der Waals surface area contributed by atoms with E-state index in [4.69, 9.17) is 0 Å². The largest absolute Gasteiger partial charge is 0.311 e. The lowest BCUT2D eigenvalue weighted by Gasteiger charge is -1.93. The standard InChI is InChI=1S/C3H4N3O2/c7-6(8)3-1-4-2-5-3/h3,5H,2H2. The van der Waals surface area contributed by atoms with Crippen LogP contribution in [-0.4, -0.2) is 24.0 Å². The Balaban J connectivity index is 2.48. The van der Waals surface area contributed by atoms with Gasteiger partial charge in [0.1, 0.15) is 0 Å². The Hall–Kier alpha value is -0.970. The molecule has 0 bridgehead atoms. The zero-order valence-corrected chi connectivity index (χ0v) is 4.00. The van der Waals surface area contributed by atoms with Crippen molar-refractivity contribution in [2.24, 2.45) is 4.99 Å². The van der Waals surface area contributed by atoms with Gasteiger partial charge in [0.2, 0.25) is 0 Å². The van der Waals surface area contributed by atoms with Gasteiger partial charge in [-0.2, -0.15) is 0 Å². The summed E-state index contributed by atoms with van der Waals surface area (Å²) in [7, 11) is 0. The molecule has 0 aromatic heterocycles. The van der Waals surface area contributed by atoms with Crippen LogP contribution in [0, 0.1) is 10.1 Å². The monoisotopic (exact) mass is 114 g/mol. The smallest absolute Gasteiger partial charge is 0.263 e. The molecule has 0 aliphatic carbocycles. The minimum absolute atomic E-state index is 0.311. The van der Waals surface area contributed by atoms with Crippen molar-refractivity contribution in [3.05, 3.63) is 10.1 Å². The molecule has 5 heteroatoms.